The van der Waals surface area contributed by atoms with Crippen molar-refractivity contribution in [3.8, 4) is 0 Å². The quantitative estimate of drug-likeness (QED) is 0.771. The van der Waals surface area contributed by atoms with E-state index in [-0.39, 0.29) is 5.91 Å². The van der Waals surface area contributed by atoms with E-state index in [1.807, 2.05) is 6.92 Å². The average Bonchev–Trinajstić information content (AvgIpc) is 2.36. The van der Waals surface area contributed by atoms with E-state index in [0.29, 0.717) is 13.0 Å². The Morgan fingerprint density at radius 3 is 2.47 bits per heavy atom. The lowest BCUT2D eigenvalue weighted by molar-refractivity contribution is -0.143. The maximum atomic E-state index is 12.0. The van der Waals surface area contributed by atoms with E-state index in [1.54, 1.807) is 14.0 Å². The number of rotatable bonds is 5. The molecular formula is C13H25NO3. The van der Waals surface area contributed by atoms with E-state index in [0.717, 1.165) is 25.7 Å². The van der Waals surface area contributed by atoms with E-state index in [1.165, 1.54) is 6.42 Å². The smallest absolute Gasteiger partial charge is 0.252 e. The summed E-state index contributed by atoms with van der Waals surface area (Å²) >= 11 is 0. The standard InChI is InChI=1S/C13H25NO3/c1-4-12(2,17-3)11(15)14-10-13(16)8-6-5-7-9-13/h16H,4-10H2,1-3H3,(H,14,15). The lowest BCUT2D eigenvalue weighted by atomic mass is 9.84. The number of hydrogen-bond acceptors (Lipinski definition) is 3. The predicted molar refractivity (Wildman–Crippen MR) is 66.7 cm³/mol. The van der Waals surface area contributed by atoms with Crippen LogP contribution in [-0.2, 0) is 9.53 Å². The summed E-state index contributed by atoms with van der Waals surface area (Å²) in [6.45, 7) is 4.02. The molecule has 1 rings (SSSR count). The molecule has 17 heavy (non-hydrogen) atoms. The van der Waals surface area contributed by atoms with Gasteiger partial charge in [0.2, 0.25) is 0 Å². The molecule has 4 nitrogen and oxygen atoms in total. The Morgan fingerprint density at radius 2 is 2.00 bits per heavy atom. The van der Waals surface area contributed by atoms with Crippen molar-refractivity contribution in [3.63, 3.8) is 0 Å². The van der Waals surface area contributed by atoms with Crippen LogP contribution >= 0.6 is 0 Å². The SMILES string of the molecule is CCC(C)(OC)C(=O)NCC1(O)CCCCC1. The maximum Gasteiger partial charge on any atom is 0.252 e. The van der Waals surface area contributed by atoms with Gasteiger partial charge in [-0.25, -0.2) is 0 Å². The van der Waals surface area contributed by atoms with Crippen molar-refractivity contribution in [1.82, 2.24) is 5.32 Å². The van der Waals surface area contributed by atoms with Crippen molar-refractivity contribution in [2.45, 2.75) is 63.6 Å². The normalized spacial score (nSPS) is 22.8. The van der Waals surface area contributed by atoms with Crippen LogP contribution in [-0.4, -0.2) is 35.9 Å². The summed E-state index contributed by atoms with van der Waals surface area (Å²) in [7, 11) is 1.54. The fourth-order valence-electron chi connectivity index (χ4n) is 2.22. The van der Waals surface area contributed by atoms with Gasteiger partial charge >= 0.3 is 0 Å². The summed E-state index contributed by atoms with van der Waals surface area (Å²) in [6.07, 6.45) is 5.45. The molecule has 1 saturated carbocycles. The van der Waals surface area contributed by atoms with E-state index < -0.39 is 11.2 Å². The molecule has 0 aromatic heterocycles. The number of carbonyl (C=O) groups excluding carboxylic acids is 1. The summed E-state index contributed by atoms with van der Waals surface area (Å²) in [5.74, 6) is -0.138. The van der Waals surface area contributed by atoms with Crippen molar-refractivity contribution < 1.29 is 14.6 Å². The third-order valence-electron chi connectivity index (χ3n) is 3.97. The first-order valence-corrected chi connectivity index (χ1v) is 6.51. The van der Waals surface area contributed by atoms with Crippen LogP contribution in [0.15, 0.2) is 0 Å². The molecule has 0 heterocycles. The highest BCUT2D eigenvalue weighted by Crippen LogP contribution is 2.27. The topological polar surface area (TPSA) is 58.6 Å². The number of amides is 1. The molecule has 0 radical (unpaired) electrons. The average molecular weight is 243 g/mol. The lowest BCUT2D eigenvalue weighted by Gasteiger charge is -2.34. The largest absolute Gasteiger partial charge is 0.388 e. The third kappa shape index (κ3) is 3.68. The molecule has 1 atom stereocenters. The Bertz CT molecular complexity index is 255. The van der Waals surface area contributed by atoms with Gasteiger partial charge < -0.3 is 15.2 Å². The second kappa shape index (κ2) is 5.83. The molecule has 1 aliphatic carbocycles. The third-order valence-corrected chi connectivity index (χ3v) is 3.97. The van der Waals surface area contributed by atoms with Gasteiger partial charge in [-0.1, -0.05) is 26.2 Å². The second-order valence-corrected chi connectivity index (χ2v) is 5.26. The summed E-state index contributed by atoms with van der Waals surface area (Å²) in [4.78, 5) is 12.0. The maximum absolute atomic E-state index is 12.0. The molecule has 0 spiro atoms. The van der Waals surface area contributed by atoms with Gasteiger partial charge in [-0.15, -0.1) is 0 Å². The summed E-state index contributed by atoms with van der Waals surface area (Å²) in [5, 5.41) is 13.1. The molecule has 1 aliphatic rings. The van der Waals surface area contributed by atoms with Gasteiger partial charge in [0.25, 0.3) is 5.91 Å². The Kier molecular flexibility index (Phi) is 4.95. The van der Waals surface area contributed by atoms with E-state index in [4.69, 9.17) is 4.74 Å². The number of aliphatic hydroxyl groups is 1. The van der Waals surface area contributed by atoms with Crippen LogP contribution in [0.25, 0.3) is 0 Å². The van der Waals surface area contributed by atoms with Crippen molar-refractivity contribution in [2.75, 3.05) is 13.7 Å². The Morgan fingerprint density at radius 1 is 1.41 bits per heavy atom. The van der Waals surface area contributed by atoms with E-state index in [9.17, 15) is 9.90 Å². The highest BCUT2D eigenvalue weighted by atomic mass is 16.5. The zero-order valence-electron chi connectivity index (χ0n) is 11.2. The van der Waals surface area contributed by atoms with Crippen LogP contribution in [0.1, 0.15) is 52.4 Å². The Balaban J connectivity index is 2.46. The van der Waals surface area contributed by atoms with Crippen LogP contribution in [0.2, 0.25) is 0 Å². The first kappa shape index (κ1) is 14.5. The van der Waals surface area contributed by atoms with Gasteiger partial charge in [0, 0.05) is 13.7 Å². The minimum atomic E-state index is -0.787. The van der Waals surface area contributed by atoms with E-state index in [2.05, 4.69) is 5.32 Å². The first-order valence-electron chi connectivity index (χ1n) is 6.51. The minimum absolute atomic E-state index is 0.138. The summed E-state index contributed by atoms with van der Waals surface area (Å²) < 4.78 is 5.23. The van der Waals surface area contributed by atoms with Crippen LogP contribution in [0.4, 0.5) is 0 Å². The summed E-state index contributed by atoms with van der Waals surface area (Å²) in [6, 6.07) is 0. The fourth-order valence-corrected chi connectivity index (χ4v) is 2.22. The Labute approximate surface area is 104 Å². The molecule has 2 N–H and O–H groups in total. The molecule has 1 fully saturated rings. The fraction of sp³-hybridized carbons (Fsp3) is 0.923. The van der Waals surface area contributed by atoms with Gasteiger partial charge in [-0.3, -0.25) is 4.79 Å². The molecule has 4 heteroatoms. The van der Waals surface area contributed by atoms with Crippen LogP contribution in [0.3, 0.4) is 0 Å². The molecule has 1 amide bonds. The monoisotopic (exact) mass is 243 g/mol. The lowest BCUT2D eigenvalue weighted by Crippen LogP contribution is -2.51. The highest BCUT2D eigenvalue weighted by Gasteiger charge is 2.34. The van der Waals surface area contributed by atoms with E-state index >= 15 is 0 Å². The van der Waals surface area contributed by atoms with Crippen molar-refractivity contribution in [1.29, 1.82) is 0 Å². The number of hydrogen-bond donors (Lipinski definition) is 2. The molecular weight excluding hydrogens is 218 g/mol. The van der Waals surface area contributed by atoms with Crippen molar-refractivity contribution in [2.24, 2.45) is 0 Å². The van der Waals surface area contributed by atoms with Gasteiger partial charge in [-0.05, 0) is 26.2 Å². The van der Waals surface area contributed by atoms with Gasteiger partial charge in [0.15, 0.2) is 0 Å². The van der Waals surface area contributed by atoms with Crippen LogP contribution < -0.4 is 5.32 Å². The number of nitrogens with one attached hydrogen (secondary N) is 1. The van der Waals surface area contributed by atoms with Crippen molar-refractivity contribution in [3.05, 3.63) is 0 Å². The number of methoxy groups -OCH3 is 1. The molecule has 0 aliphatic heterocycles. The Hall–Kier alpha value is -0.610. The van der Waals surface area contributed by atoms with Gasteiger partial charge in [-0.2, -0.15) is 0 Å². The molecule has 0 bridgehead atoms. The molecule has 100 valence electrons. The van der Waals surface area contributed by atoms with Crippen LogP contribution in [0, 0.1) is 0 Å². The predicted octanol–water partition coefficient (Wildman–Crippen LogP) is 1.61. The molecule has 0 aromatic carbocycles. The highest BCUT2D eigenvalue weighted by molar-refractivity contribution is 5.84. The number of carbonyl (C=O) groups is 1. The van der Waals surface area contributed by atoms with Gasteiger partial charge in [0.05, 0.1) is 5.60 Å². The van der Waals surface area contributed by atoms with Gasteiger partial charge in [0.1, 0.15) is 5.60 Å². The zero-order valence-corrected chi connectivity index (χ0v) is 11.2. The summed E-state index contributed by atoms with van der Waals surface area (Å²) in [5.41, 5.74) is -1.50. The first-order chi connectivity index (χ1) is 7.96. The number of ether oxygens (including phenoxy) is 1. The zero-order chi connectivity index (χ0) is 12.9. The second-order valence-electron chi connectivity index (χ2n) is 5.26. The molecule has 1 unspecified atom stereocenters. The molecule has 0 aromatic rings. The van der Waals surface area contributed by atoms with Crippen molar-refractivity contribution >= 4 is 5.91 Å². The minimum Gasteiger partial charge on any atom is -0.388 e. The molecule has 0 saturated heterocycles. The van der Waals surface area contributed by atoms with Crippen LogP contribution in [0.5, 0.6) is 0 Å².